The van der Waals surface area contributed by atoms with Gasteiger partial charge in [-0.15, -0.1) is 0 Å². The Morgan fingerprint density at radius 2 is 1.94 bits per heavy atom. The Labute approximate surface area is 182 Å². The summed E-state index contributed by atoms with van der Waals surface area (Å²) < 4.78 is 13.6. The molecule has 1 amide bonds. The van der Waals surface area contributed by atoms with Crippen molar-refractivity contribution in [3.63, 3.8) is 0 Å². The minimum Gasteiger partial charge on any atom is -0.347 e. The van der Waals surface area contributed by atoms with Gasteiger partial charge >= 0.3 is 0 Å². The summed E-state index contributed by atoms with van der Waals surface area (Å²) in [6.07, 6.45) is 6.49. The molecule has 0 bridgehead atoms. The largest absolute Gasteiger partial charge is 0.347 e. The number of hydrogen-bond acceptors (Lipinski definition) is 3. The molecular weight excluding hydrogens is 389 g/mol. The third-order valence-electron chi connectivity index (χ3n) is 6.44. The number of aromatic nitrogens is 1. The minimum atomic E-state index is -0.425. The molecule has 4 rings (SSSR count). The number of amides is 1. The summed E-state index contributed by atoms with van der Waals surface area (Å²) in [5.41, 5.74) is 3.11. The lowest BCUT2D eigenvalue weighted by atomic mass is 9.70. The molecule has 3 aromatic rings. The van der Waals surface area contributed by atoms with E-state index in [0.29, 0.717) is 23.4 Å². The molecule has 1 fully saturated rings. The Morgan fingerprint density at radius 3 is 2.61 bits per heavy atom. The van der Waals surface area contributed by atoms with Gasteiger partial charge in [0, 0.05) is 24.1 Å². The molecule has 2 aromatic carbocycles. The van der Waals surface area contributed by atoms with E-state index in [9.17, 15) is 9.18 Å². The van der Waals surface area contributed by atoms with Crippen LogP contribution in [0.5, 0.6) is 0 Å². The van der Waals surface area contributed by atoms with E-state index in [0.717, 1.165) is 43.1 Å². The Kier molecular flexibility index (Phi) is 5.99. The first-order chi connectivity index (χ1) is 15.0. The molecule has 1 aliphatic rings. The van der Waals surface area contributed by atoms with Crippen molar-refractivity contribution in [3.8, 4) is 6.07 Å². The average molecular weight is 416 g/mol. The number of nitrogens with zero attached hydrogens (tertiary/aromatic N) is 2. The number of rotatable bonds is 5. The monoisotopic (exact) mass is 415 g/mol. The van der Waals surface area contributed by atoms with E-state index < -0.39 is 5.54 Å². The van der Waals surface area contributed by atoms with Gasteiger partial charge in [-0.1, -0.05) is 19.1 Å². The van der Waals surface area contributed by atoms with Crippen LogP contribution in [0.3, 0.4) is 0 Å². The van der Waals surface area contributed by atoms with E-state index >= 15 is 0 Å². The maximum Gasteiger partial charge on any atom is 0.220 e. The van der Waals surface area contributed by atoms with Crippen molar-refractivity contribution in [3.05, 3.63) is 77.2 Å². The second-order valence-electron chi connectivity index (χ2n) is 8.41. The molecular formula is C26H26FN3O. The number of benzene rings is 2. The number of carbonyl (C=O) groups is 1. The standard InChI is InChI=1S/C26H26FN3O/c1-2-3-25(31)30-26(20-6-4-18(17-28)5-7-20)13-10-19(11-14-26)22-12-15-29-24-16-21(27)8-9-23(22)24/h4-9,12,15-16,19H,2-3,10-11,13-14H2,1H3,(H,30,31). The van der Waals surface area contributed by atoms with Gasteiger partial charge in [0.1, 0.15) is 5.82 Å². The second-order valence-corrected chi connectivity index (χ2v) is 8.41. The Hall–Kier alpha value is -3.26. The third-order valence-corrected chi connectivity index (χ3v) is 6.44. The molecule has 0 atom stereocenters. The predicted octanol–water partition coefficient (Wildman–Crippen LogP) is 5.71. The number of halogens is 1. The molecule has 5 heteroatoms. The van der Waals surface area contributed by atoms with Crippen LogP contribution in [0.2, 0.25) is 0 Å². The van der Waals surface area contributed by atoms with Crippen molar-refractivity contribution < 1.29 is 9.18 Å². The fourth-order valence-corrected chi connectivity index (χ4v) is 4.83. The Balaban J connectivity index is 1.62. The molecule has 1 aliphatic carbocycles. The van der Waals surface area contributed by atoms with Crippen molar-refractivity contribution >= 4 is 16.8 Å². The molecule has 0 saturated heterocycles. The van der Waals surface area contributed by atoms with Gasteiger partial charge in [0.05, 0.1) is 22.7 Å². The predicted molar refractivity (Wildman–Crippen MR) is 119 cm³/mol. The van der Waals surface area contributed by atoms with Gasteiger partial charge in [-0.2, -0.15) is 5.26 Å². The molecule has 0 unspecified atom stereocenters. The molecule has 158 valence electrons. The van der Waals surface area contributed by atoms with Crippen LogP contribution < -0.4 is 5.32 Å². The summed E-state index contributed by atoms with van der Waals surface area (Å²) in [6.45, 7) is 2.00. The summed E-state index contributed by atoms with van der Waals surface area (Å²) in [5, 5.41) is 13.4. The van der Waals surface area contributed by atoms with E-state index in [-0.39, 0.29) is 11.7 Å². The number of pyridine rings is 1. The zero-order chi connectivity index (χ0) is 21.8. The van der Waals surface area contributed by atoms with Gasteiger partial charge in [-0.05, 0) is 79.5 Å². The van der Waals surface area contributed by atoms with Crippen LogP contribution in [-0.4, -0.2) is 10.9 Å². The van der Waals surface area contributed by atoms with Crippen molar-refractivity contribution in [1.29, 1.82) is 5.26 Å². The van der Waals surface area contributed by atoms with Gasteiger partial charge in [-0.3, -0.25) is 9.78 Å². The van der Waals surface area contributed by atoms with Crippen molar-refractivity contribution in [1.82, 2.24) is 10.3 Å². The zero-order valence-corrected chi connectivity index (χ0v) is 17.7. The van der Waals surface area contributed by atoms with Gasteiger partial charge in [-0.25, -0.2) is 4.39 Å². The van der Waals surface area contributed by atoms with Gasteiger partial charge in [0.2, 0.25) is 5.91 Å². The zero-order valence-electron chi connectivity index (χ0n) is 17.7. The highest BCUT2D eigenvalue weighted by Crippen LogP contribution is 2.44. The SMILES string of the molecule is CCCC(=O)NC1(c2ccc(C#N)cc2)CCC(c2ccnc3cc(F)ccc23)CC1. The highest BCUT2D eigenvalue weighted by molar-refractivity contribution is 5.82. The molecule has 1 N–H and O–H groups in total. The lowest BCUT2D eigenvalue weighted by Crippen LogP contribution is -2.48. The maximum absolute atomic E-state index is 13.6. The smallest absolute Gasteiger partial charge is 0.220 e. The third kappa shape index (κ3) is 4.29. The summed E-state index contributed by atoms with van der Waals surface area (Å²) in [4.78, 5) is 16.9. The molecule has 1 aromatic heterocycles. The highest BCUT2D eigenvalue weighted by atomic mass is 19.1. The molecule has 0 spiro atoms. The van der Waals surface area contributed by atoms with Crippen molar-refractivity contribution in [2.45, 2.75) is 56.9 Å². The van der Waals surface area contributed by atoms with Gasteiger partial charge in [0.15, 0.2) is 0 Å². The number of fused-ring (bicyclic) bond motifs is 1. The van der Waals surface area contributed by atoms with Gasteiger partial charge in [0.25, 0.3) is 0 Å². The first-order valence-corrected chi connectivity index (χ1v) is 10.9. The summed E-state index contributed by atoms with van der Waals surface area (Å²) >= 11 is 0. The molecule has 1 heterocycles. The molecule has 4 nitrogen and oxygen atoms in total. The topological polar surface area (TPSA) is 65.8 Å². The van der Waals surface area contributed by atoms with E-state index in [1.165, 1.54) is 17.7 Å². The number of nitrogens with one attached hydrogen (secondary N) is 1. The lowest BCUT2D eigenvalue weighted by Gasteiger charge is -2.42. The Morgan fingerprint density at radius 1 is 1.19 bits per heavy atom. The van der Waals surface area contributed by atoms with E-state index in [4.69, 9.17) is 5.26 Å². The normalized spacial score (nSPS) is 20.9. The lowest BCUT2D eigenvalue weighted by molar-refractivity contribution is -0.123. The molecule has 31 heavy (non-hydrogen) atoms. The van der Waals surface area contributed by atoms with Crippen LogP contribution in [0.1, 0.15) is 68.1 Å². The summed E-state index contributed by atoms with van der Waals surface area (Å²) in [6, 6.07) is 16.6. The fraction of sp³-hybridized carbons (Fsp3) is 0.346. The van der Waals surface area contributed by atoms with Gasteiger partial charge < -0.3 is 5.32 Å². The fourth-order valence-electron chi connectivity index (χ4n) is 4.83. The number of carbonyl (C=O) groups excluding carboxylic acids is 1. The van der Waals surface area contributed by atoms with Crippen LogP contribution in [0, 0.1) is 17.1 Å². The number of nitriles is 1. The molecule has 0 aliphatic heterocycles. The number of hydrogen-bond donors (Lipinski definition) is 1. The van der Waals surface area contributed by atoms with Crippen LogP contribution in [0.4, 0.5) is 4.39 Å². The maximum atomic E-state index is 13.6. The van der Waals surface area contributed by atoms with E-state index in [1.807, 2.05) is 43.3 Å². The molecule has 1 saturated carbocycles. The van der Waals surface area contributed by atoms with Crippen LogP contribution in [-0.2, 0) is 10.3 Å². The van der Waals surface area contributed by atoms with Crippen LogP contribution in [0.15, 0.2) is 54.7 Å². The average Bonchev–Trinajstić information content (AvgIpc) is 2.79. The van der Waals surface area contributed by atoms with Crippen LogP contribution in [0.25, 0.3) is 10.9 Å². The Bertz CT molecular complexity index is 1130. The van der Waals surface area contributed by atoms with Crippen molar-refractivity contribution in [2.24, 2.45) is 0 Å². The second kappa shape index (κ2) is 8.85. The summed E-state index contributed by atoms with van der Waals surface area (Å²) in [7, 11) is 0. The van der Waals surface area contributed by atoms with Crippen molar-refractivity contribution in [2.75, 3.05) is 0 Å². The summed E-state index contributed by atoms with van der Waals surface area (Å²) in [5.74, 6) is 0.111. The first-order valence-electron chi connectivity index (χ1n) is 10.9. The van der Waals surface area contributed by atoms with E-state index in [1.54, 1.807) is 6.20 Å². The first kappa shape index (κ1) is 21.0. The molecule has 0 radical (unpaired) electrons. The van der Waals surface area contributed by atoms with E-state index in [2.05, 4.69) is 16.4 Å². The minimum absolute atomic E-state index is 0.0649. The van der Waals surface area contributed by atoms with Crippen LogP contribution >= 0.6 is 0 Å². The quantitative estimate of drug-likeness (QED) is 0.580. The highest BCUT2D eigenvalue weighted by Gasteiger charge is 2.38.